The molecule has 0 bridgehead atoms. The molecule has 0 atom stereocenters. The summed E-state index contributed by atoms with van der Waals surface area (Å²) in [5, 5.41) is 0. The van der Waals surface area contributed by atoms with E-state index in [1.54, 1.807) is 12.4 Å². The molecule has 29 heteroatoms. The summed E-state index contributed by atoms with van der Waals surface area (Å²) in [6.45, 7) is 6.58. The molecule has 0 saturated carbocycles. The normalized spacial score (nSPS) is 13.2. The maximum Gasteiger partial charge on any atom is 0.416 e. The van der Waals surface area contributed by atoms with Crippen LogP contribution in [-0.4, -0.2) is 17.1 Å². The maximum absolute atomic E-state index is 14.2. The summed E-state index contributed by atoms with van der Waals surface area (Å²) in [5.41, 5.74) is -25.7. The van der Waals surface area contributed by atoms with Crippen molar-refractivity contribution in [3.63, 3.8) is 0 Å². The van der Waals surface area contributed by atoms with Crippen molar-refractivity contribution in [1.29, 1.82) is 0 Å². The van der Waals surface area contributed by atoms with E-state index in [-0.39, 0.29) is 5.69 Å². The van der Waals surface area contributed by atoms with Crippen molar-refractivity contribution in [2.24, 2.45) is 0 Å². The Morgan fingerprint density at radius 1 is 0.427 bits per heavy atom. The molecular formula is C53H33BF24N2O2. The zero-order valence-electron chi connectivity index (χ0n) is 41.3. The number of carbonyl (C=O) groups excluding carboxylic acids is 1. The molecule has 0 saturated heterocycles. The molecule has 0 unspecified atom stereocenters. The molecule has 4 nitrogen and oxygen atoms in total. The Bertz CT molecular complexity index is 3020. The fourth-order valence-corrected chi connectivity index (χ4v) is 8.97. The smallest absolute Gasteiger partial charge is 0.416 e. The summed E-state index contributed by atoms with van der Waals surface area (Å²) < 4.78 is 348. The van der Waals surface area contributed by atoms with Gasteiger partial charge in [0.2, 0.25) is 11.9 Å². The Morgan fingerprint density at radius 2 is 0.707 bits per heavy atom. The molecule has 0 amide bonds. The molecule has 0 aliphatic carbocycles. The number of hydrogen-bond acceptors (Lipinski definition) is 3. The first-order valence-electron chi connectivity index (χ1n) is 22.8. The van der Waals surface area contributed by atoms with Crippen molar-refractivity contribution in [1.82, 2.24) is 4.98 Å². The number of aromatic nitrogens is 2. The molecule has 438 valence electrons. The van der Waals surface area contributed by atoms with Gasteiger partial charge in [0, 0.05) is 5.56 Å². The number of alkyl halides is 24. The third kappa shape index (κ3) is 14.6. The summed E-state index contributed by atoms with van der Waals surface area (Å²) >= 11 is 0. The number of esters is 1. The Morgan fingerprint density at radius 3 is 0.976 bits per heavy atom. The van der Waals surface area contributed by atoms with Crippen LogP contribution >= 0.6 is 0 Å². The fraction of sp³-hybridized carbons (Fsp3) is 0.226. The van der Waals surface area contributed by atoms with E-state index < -0.39 is 201 Å². The van der Waals surface area contributed by atoms with Gasteiger partial charge in [-0.05, 0) is 56.2 Å². The quantitative estimate of drug-likeness (QED) is 0.0501. The number of rotatable bonds is 8. The second kappa shape index (κ2) is 22.2. The molecule has 1 aromatic heterocycles. The molecule has 0 N–H and O–H groups in total. The molecule has 0 radical (unpaired) electrons. The zero-order valence-corrected chi connectivity index (χ0v) is 41.3. The highest BCUT2D eigenvalue weighted by molar-refractivity contribution is 7.20. The number of ether oxygens (including phenoxy) is 1. The molecule has 6 aromatic carbocycles. The van der Waals surface area contributed by atoms with Gasteiger partial charge in [0.15, 0.2) is 12.7 Å². The van der Waals surface area contributed by atoms with Gasteiger partial charge < -0.3 is 4.74 Å². The van der Waals surface area contributed by atoms with Crippen LogP contribution in [0.5, 0.6) is 5.75 Å². The van der Waals surface area contributed by atoms with Crippen molar-refractivity contribution < 1.29 is 119 Å². The van der Waals surface area contributed by atoms with Crippen molar-refractivity contribution in [3.8, 4) is 5.75 Å². The van der Waals surface area contributed by atoms with Gasteiger partial charge in [-0.1, -0.05) is 96.6 Å². The lowest BCUT2D eigenvalue weighted by Crippen LogP contribution is -2.75. The number of benzene rings is 6. The Hall–Kier alpha value is -7.75. The van der Waals surface area contributed by atoms with Crippen LogP contribution < -0.4 is 31.2 Å². The Balaban J connectivity index is 0.000000357. The molecule has 0 aliphatic heterocycles. The Kier molecular flexibility index (Phi) is 17.2. The van der Waals surface area contributed by atoms with E-state index in [2.05, 4.69) is 4.98 Å². The van der Waals surface area contributed by atoms with Gasteiger partial charge in [0.1, 0.15) is 11.9 Å². The highest BCUT2D eigenvalue weighted by atomic mass is 19.4. The molecule has 82 heavy (non-hydrogen) atoms. The predicted molar refractivity (Wildman–Crippen MR) is 246 cm³/mol. The molecule has 1 heterocycles. The second-order valence-electron chi connectivity index (χ2n) is 18.4. The van der Waals surface area contributed by atoms with E-state index in [0.29, 0.717) is 12.3 Å². The van der Waals surface area contributed by atoms with E-state index in [1.807, 2.05) is 74.0 Å². The van der Waals surface area contributed by atoms with Gasteiger partial charge in [0.05, 0.1) is 50.7 Å². The lowest BCUT2D eigenvalue weighted by atomic mass is 9.12. The summed E-state index contributed by atoms with van der Waals surface area (Å²) in [7, 11) is 0. The van der Waals surface area contributed by atoms with E-state index in [4.69, 9.17) is 4.74 Å². The van der Waals surface area contributed by atoms with Crippen LogP contribution in [0.2, 0.25) is 0 Å². The van der Waals surface area contributed by atoms with Crippen molar-refractivity contribution >= 4 is 34.0 Å². The van der Waals surface area contributed by atoms with Crippen molar-refractivity contribution in [3.05, 3.63) is 206 Å². The van der Waals surface area contributed by atoms with Crippen LogP contribution in [0, 0.1) is 20.8 Å². The predicted octanol–water partition coefficient (Wildman–Crippen LogP) is 14.8. The van der Waals surface area contributed by atoms with E-state index >= 15 is 0 Å². The zero-order chi connectivity index (χ0) is 61.7. The van der Waals surface area contributed by atoms with Gasteiger partial charge in [0.25, 0.3) is 0 Å². The van der Waals surface area contributed by atoms with E-state index in [0.717, 1.165) is 22.3 Å². The largest absolute Gasteiger partial charge is 0.421 e. The minimum absolute atomic E-state index is 0.290. The highest BCUT2D eigenvalue weighted by Gasteiger charge is 2.47. The summed E-state index contributed by atoms with van der Waals surface area (Å²) in [4.78, 5) is 16.7. The van der Waals surface area contributed by atoms with Crippen LogP contribution in [-0.2, 0) is 56.0 Å². The number of nitrogens with zero attached hydrogens (tertiary/aromatic N) is 2. The number of halogens is 24. The summed E-state index contributed by atoms with van der Waals surface area (Å²) in [6.07, 6.45) is -49.6. The van der Waals surface area contributed by atoms with Gasteiger partial charge in [-0.25, -0.2) is 9.78 Å². The van der Waals surface area contributed by atoms with Crippen LogP contribution in [0.3, 0.4) is 0 Å². The minimum Gasteiger partial charge on any atom is -0.421 e. The van der Waals surface area contributed by atoms with Crippen LogP contribution in [0.15, 0.2) is 134 Å². The average Bonchev–Trinajstić information content (AvgIpc) is 2.70. The lowest BCUT2D eigenvalue weighted by Gasteiger charge is -2.46. The van der Waals surface area contributed by atoms with Crippen molar-refractivity contribution in [2.75, 3.05) is 0 Å². The second-order valence-corrected chi connectivity index (χ2v) is 18.4. The van der Waals surface area contributed by atoms with Crippen LogP contribution in [0.4, 0.5) is 105 Å². The third-order valence-electron chi connectivity index (χ3n) is 12.4. The number of aryl methyl sites for hydroxylation is 3. The van der Waals surface area contributed by atoms with Gasteiger partial charge in [-0.2, -0.15) is 132 Å². The van der Waals surface area contributed by atoms with Crippen LogP contribution in [0.25, 0.3) is 0 Å². The van der Waals surface area contributed by atoms with Gasteiger partial charge in [-0.3, -0.25) is 0 Å². The molecule has 7 aromatic rings. The third-order valence-corrected chi connectivity index (χ3v) is 12.4. The summed E-state index contributed by atoms with van der Waals surface area (Å²) in [5.74, 6) is 0.160. The number of carbonyl (C=O) groups is 1. The maximum atomic E-state index is 14.2. The first-order chi connectivity index (χ1) is 37.3. The Labute approximate surface area is 446 Å². The van der Waals surface area contributed by atoms with E-state index in [9.17, 15) is 110 Å². The SMILES string of the molecule is Cc1cc(C)c(OC(=O)c2c[n+](Cc3ccccc3)ccn2)c(C)c1.FC(F)(F)c1cc([B-](c2cc(C(F)(F)F)cc(C(F)(F)F)c2)(c2cc(C(F)(F)F)cc(C(F)(F)F)c2)c2cc(C(F)(F)F)cc(C(F)(F)F)c2)cc(C(F)(F)F)c1. The summed E-state index contributed by atoms with van der Waals surface area (Å²) in [6, 6.07) is 5.26. The standard InChI is InChI=1S/C32H12BF24.C21H21N2O2/c34-25(35,36)13-1-14(26(37,38)39)6-21(5-13)33(22-7-15(27(40,41)42)2-16(8-22)28(43,44)45,23-9-17(29(46,47)48)3-18(10-23)30(49,50)51)24-11-19(31(52,53)54)4-20(12-24)32(55,56)57;1-15-11-16(2)20(17(3)12-15)25-21(24)19-14-23(10-9-22-19)13-18-7-5-4-6-8-18/h1-12H;4-12,14H,13H2,1-3H3/q-1;+1. The first-order valence-corrected chi connectivity index (χ1v) is 22.8. The lowest BCUT2D eigenvalue weighted by molar-refractivity contribution is -0.689. The molecule has 7 rings (SSSR count). The number of hydrogen-bond donors (Lipinski definition) is 0. The van der Waals surface area contributed by atoms with Gasteiger partial charge in [-0.15, -0.1) is 0 Å². The monoisotopic (exact) mass is 1200 g/mol. The van der Waals surface area contributed by atoms with E-state index in [1.165, 1.54) is 0 Å². The fourth-order valence-electron chi connectivity index (χ4n) is 8.97. The average molecular weight is 1200 g/mol. The molecule has 0 fully saturated rings. The highest BCUT2D eigenvalue weighted by Crippen LogP contribution is 2.41. The molecular weight excluding hydrogens is 1160 g/mol. The van der Waals surface area contributed by atoms with Crippen molar-refractivity contribution in [2.45, 2.75) is 76.7 Å². The topological polar surface area (TPSA) is 43.1 Å². The first kappa shape index (κ1) is 63.4. The molecule has 0 spiro atoms. The minimum atomic E-state index is -6.13. The molecule has 0 aliphatic rings. The van der Waals surface area contributed by atoms with Gasteiger partial charge >= 0.3 is 55.4 Å². The van der Waals surface area contributed by atoms with Crippen LogP contribution in [0.1, 0.15) is 77.2 Å².